The molecule has 0 radical (unpaired) electrons. The number of ether oxygens (including phenoxy) is 3. The number of fused-ring (bicyclic) bond motifs is 1. The fraction of sp³-hybridized carbons (Fsp3) is 0.406. The van der Waals surface area contributed by atoms with E-state index in [0.29, 0.717) is 16.9 Å². The molecule has 1 heterocycles. The van der Waals surface area contributed by atoms with Crippen LogP contribution in [0.15, 0.2) is 60.7 Å². The highest BCUT2D eigenvalue weighted by Crippen LogP contribution is 2.43. The summed E-state index contributed by atoms with van der Waals surface area (Å²) in [7, 11) is 0. The topological polar surface area (TPSA) is 60.0 Å². The third-order valence-corrected chi connectivity index (χ3v) is 6.80. The van der Waals surface area contributed by atoms with Crippen LogP contribution in [0.5, 0.6) is 11.5 Å². The Morgan fingerprint density at radius 3 is 2.26 bits per heavy atom. The van der Waals surface area contributed by atoms with Crippen LogP contribution in [0.3, 0.4) is 0 Å². The molecular formula is C32H35F5N2O4. The smallest absolute Gasteiger partial charge is 0.407 e. The molecule has 0 saturated carbocycles. The molecule has 1 aliphatic rings. The largest absolute Gasteiger partial charge is 0.492 e. The number of hydrogen-bond donors (Lipinski definition) is 1. The van der Waals surface area contributed by atoms with Gasteiger partial charge in [-0.05, 0) is 62.9 Å². The highest BCUT2D eigenvalue weighted by Gasteiger charge is 2.42. The van der Waals surface area contributed by atoms with Crippen LogP contribution in [0.1, 0.15) is 56.0 Å². The van der Waals surface area contributed by atoms with Crippen LogP contribution in [0.25, 0.3) is 0 Å². The monoisotopic (exact) mass is 606 g/mol. The summed E-state index contributed by atoms with van der Waals surface area (Å²) in [6.45, 7) is 5.54. The zero-order chi connectivity index (χ0) is 31.4. The summed E-state index contributed by atoms with van der Waals surface area (Å²) in [5.41, 5.74) is 0.749. The summed E-state index contributed by atoms with van der Waals surface area (Å²) in [5, 5.41) is 2.47. The van der Waals surface area contributed by atoms with Crippen molar-refractivity contribution < 1.29 is 41.0 Å². The van der Waals surface area contributed by atoms with Crippen LogP contribution in [0.4, 0.5) is 26.7 Å². The van der Waals surface area contributed by atoms with Crippen molar-refractivity contribution in [3.63, 3.8) is 0 Å². The zero-order valence-electron chi connectivity index (χ0n) is 24.4. The van der Waals surface area contributed by atoms with Crippen molar-refractivity contribution in [2.24, 2.45) is 0 Å². The average molecular weight is 607 g/mol. The maximum Gasteiger partial charge on any atom is 0.407 e. The highest BCUT2D eigenvalue weighted by molar-refractivity contribution is 5.67. The molecule has 0 saturated heterocycles. The van der Waals surface area contributed by atoms with Crippen LogP contribution in [-0.2, 0) is 17.8 Å². The molecule has 1 amide bonds. The van der Waals surface area contributed by atoms with Gasteiger partial charge < -0.3 is 19.5 Å². The Morgan fingerprint density at radius 2 is 1.63 bits per heavy atom. The minimum atomic E-state index is -4.60. The van der Waals surface area contributed by atoms with E-state index in [0.717, 1.165) is 22.6 Å². The van der Waals surface area contributed by atoms with Gasteiger partial charge in [-0.25, -0.2) is 13.6 Å². The molecule has 0 aromatic heterocycles. The second-order valence-electron chi connectivity index (χ2n) is 11.5. The van der Waals surface area contributed by atoms with E-state index in [1.54, 1.807) is 45.9 Å². The van der Waals surface area contributed by atoms with Crippen LogP contribution in [0, 0.1) is 11.6 Å². The Kier molecular flexibility index (Phi) is 9.84. The molecule has 4 rings (SSSR count). The second kappa shape index (κ2) is 13.2. The fourth-order valence-electron chi connectivity index (χ4n) is 5.04. The normalized spacial score (nSPS) is 17.2. The van der Waals surface area contributed by atoms with Crippen LogP contribution in [0.2, 0.25) is 0 Å². The van der Waals surface area contributed by atoms with E-state index in [-0.39, 0.29) is 31.9 Å². The van der Waals surface area contributed by atoms with Gasteiger partial charge in [0.1, 0.15) is 41.9 Å². The molecule has 0 aliphatic carbocycles. The lowest BCUT2D eigenvalue weighted by Crippen LogP contribution is -2.47. The van der Waals surface area contributed by atoms with E-state index >= 15 is 8.78 Å². The number of nitrogens with one attached hydrogen (secondary N) is 1. The Balaban J connectivity index is 1.57. The fourth-order valence-corrected chi connectivity index (χ4v) is 5.04. The van der Waals surface area contributed by atoms with Crippen LogP contribution in [-0.4, -0.2) is 48.5 Å². The summed E-state index contributed by atoms with van der Waals surface area (Å²) >= 11 is 0. The Morgan fingerprint density at radius 1 is 0.953 bits per heavy atom. The summed E-state index contributed by atoms with van der Waals surface area (Å²) < 4.78 is 88.7. The van der Waals surface area contributed by atoms with E-state index in [1.165, 1.54) is 0 Å². The van der Waals surface area contributed by atoms with Crippen molar-refractivity contribution in [3.05, 3.63) is 94.6 Å². The lowest BCUT2D eigenvalue weighted by molar-refractivity contribution is -0.155. The number of hydrogen-bond acceptors (Lipinski definition) is 5. The van der Waals surface area contributed by atoms with Gasteiger partial charge in [0.25, 0.3) is 0 Å². The Labute approximate surface area is 247 Å². The Bertz CT molecular complexity index is 1390. The maximum absolute atomic E-state index is 15.6. The molecular weight excluding hydrogens is 571 g/mol. The molecule has 3 aromatic carbocycles. The maximum atomic E-state index is 15.6. The number of alkyl carbamates (subject to hydrolysis) is 1. The second-order valence-corrected chi connectivity index (χ2v) is 11.5. The molecule has 6 nitrogen and oxygen atoms in total. The summed E-state index contributed by atoms with van der Waals surface area (Å²) in [6, 6.07) is 14.2. The van der Waals surface area contributed by atoms with Gasteiger partial charge in [-0.2, -0.15) is 13.2 Å². The van der Waals surface area contributed by atoms with Crippen molar-refractivity contribution in [1.29, 1.82) is 0 Å². The first-order valence-corrected chi connectivity index (χ1v) is 13.9. The highest BCUT2D eigenvalue weighted by atomic mass is 19.4. The minimum absolute atomic E-state index is 0.00144. The molecule has 11 heteroatoms. The first-order valence-electron chi connectivity index (χ1n) is 13.9. The van der Waals surface area contributed by atoms with Crippen LogP contribution < -0.4 is 14.8 Å². The first kappa shape index (κ1) is 32.1. The molecule has 232 valence electrons. The molecule has 43 heavy (non-hydrogen) atoms. The number of rotatable bonds is 9. The van der Waals surface area contributed by atoms with E-state index < -0.39 is 53.7 Å². The lowest BCUT2D eigenvalue weighted by atomic mass is 9.84. The number of carbonyl (C=O) groups is 1. The molecule has 1 N–H and O–H groups in total. The number of nitrogens with zero attached hydrogens (tertiary/aromatic N) is 1. The van der Waals surface area contributed by atoms with Gasteiger partial charge >= 0.3 is 12.3 Å². The van der Waals surface area contributed by atoms with Gasteiger partial charge in [-0.1, -0.05) is 36.4 Å². The minimum Gasteiger partial charge on any atom is -0.492 e. The van der Waals surface area contributed by atoms with Gasteiger partial charge in [0.2, 0.25) is 0 Å². The summed E-state index contributed by atoms with van der Waals surface area (Å²) in [4.78, 5) is 12.8. The number of benzene rings is 3. The summed E-state index contributed by atoms with van der Waals surface area (Å²) in [5.74, 6) is -1.75. The van der Waals surface area contributed by atoms with Crippen molar-refractivity contribution in [2.45, 2.75) is 64.6 Å². The number of amides is 1. The van der Waals surface area contributed by atoms with E-state index in [9.17, 15) is 18.0 Å². The van der Waals surface area contributed by atoms with Crippen molar-refractivity contribution in [2.75, 3.05) is 19.7 Å². The van der Waals surface area contributed by atoms with Crippen molar-refractivity contribution in [1.82, 2.24) is 10.2 Å². The molecule has 0 spiro atoms. The molecule has 1 aliphatic heterocycles. The molecule has 3 aromatic rings. The third kappa shape index (κ3) is 8.82. The van der Waals surface area contributed by atoms with Gasteiger partial charge in [-0.3, -0.25) is 4.90 Å². The molecule has 0 fully saturated rings. The first-order chi connectivity index (χ1) is 20.2. The summed E-state index contributed by atoms with van der Waals surface area (Å²) in [6.07, 6.45) is -5.04. The van der Waals surface area contributed by atoms with Gasteiger partial charge in [0.05, 0.1) is 19.1 Å². The number of carbonyl (C=O) groups excluding carboxylic acids is 1. The van der Waals surface area contributed by atoms with Crippen molar-refractivity contribution >= 4 is 6.09 Å². The lowest BCUT2D eigenvalue weighted by Gasteiger charge is -2.42. The van der Waals surface area contributed by atoms with Crippen molar-refractivity contribution in [3.8, 4) is 11.5 Å². The van der Waals surface area contributed by atoms with Gasteiger partial charge in [-0.15, -0.1) is 0 Å². The zero-order valence-corrected chi connectivity index (χ0v) is 24.4. The number of alkyl halides is 3. The molecule has 0 bridgehead atoms. The predicted octanol–water partition coefficient (Wildman–Crippen LogP) is 7.35. The quantitative estimate of drug-likeness (QED) is 0.204. The Hall–Kier alpha value is -3.86. The SMILES string of the molecule is C[C@@H]1Cc2cc(OCc3ccccc3)ccc2[C@@H](c2c(F)cc(OCCNC(=O)OC(C)(C)C)cc2F)N1CC(F)(F)F. The third-order valence-electron chi connectivity index (χ3n) is 6.80. The van der Waals surface area contributed by atoms with Crippen LogP contribution >= 0.6 is 0 Å². The standard InChI is InChI=1S/C32H35F5N2O4/c1-20-14-22-15-23(42-18-21-8-6-5-7-9-21)10-11-25(22)29(39(20)19-32(35,36)37)28-26(33)16-24(17-27(28)34)41-13-12-38-30(40)43-31(2,3)4/h5-11,15-17,20,29H,12-14,18-19H2,1-4H3,(H,38,40)/t20-,29+/m1/s1. The van der Waals surface area contributed by atoms with E-state index in [1.807, 2.05) is 30.3 Å². The van der Waals surface area contributed by atoms with Gasteiger partial charge in [0.15, 0.2) is 0 Å². The van der Waals surface area contributed by atoms with Gasteiger partial charge in [0, 0.05) is 23.7 Å². The molecule has 0 unspecified atom stereocenters. The molecule has 2 atom stereocenters. The number of halogens is 5. The van der Waals surface area contributed by atoms with E-state index in [2.05, 4.69) is 5.32 Å². The average Bonchev–Trinajstić information content (AvgIpc) is 2.90. The predicted molar refractivity (Wildman–Crippen MR) is 151 cm³/mol. The van der Waals surface area contributed by atoms with E-state index in [4.69, 9.17) is 14.2 Å².